The molecule has 1 aliphatic carbocycles. The lowest BCUT2D eigenvalue weighted by atomic mass is 9.96. The van der Waals surface area contributed by atoms with Crippen molar-refractivity contribution in [3.05, 3.63) is 58.6 Å². The fourth-order valence-electron chi connectivity index (χ4n) is 5.84. The Labute approximate surface area is 219 Å². The lowest BCUT2D eigenvalue weighted by Gasteiger charge is -2.25. The van der Waals surface area contributed by atoms with E-state index in [1.807, 2.05) is 36.4 Å². The second-order valence-electron chi connectivity index (χ2n) is 10.4. The summed E-state index contributed by atoms with van der Waals surface area (Å²) in [4.78, 5) is 15.7. The maximum Gasteiger partial charge on any atom is 0.237 e. The Morgan fingerprint density at radius 3 is 2.58 bits per heavy atom. The monoisotopic (exact) mass is 511 g/mol. The quantitative estimate of drug-likeness (QED) is 0.518. The molecule has 2 aliphatic heterocycles. The van der Waals surface area contributed by atoms with Gasteiger partial charge in [-0.2, -0.15) is 0 Å². The molecule has 2 atom stereocenters. The predicted octanol–water partition coefficient (Wildman–Crippen LogP) is 5.07. The molecule has 5 rings (SSSR count). The van der Waals surface area contributed by atoms with Gasteiger partial charge in [0.15, 0.2) is 11.5 Å². The van der Waals surface area contributed by atoms with Gasteiger partial charge in [0.05, 0.1) is 6.04 Å². The van der Waals surface area contributed by atoms with Crippen LogP contribution in [0, 0.1) is 0 Å². The van der Waals surface area contributed by atoms with Crippen LogP contribution in [-0.4, -0.2) is 48.8 Å². The molecule has 36 heavy (non-hydrogen) atoms. The van der Waals surface area contributed by atoms with Crippen LogP contribution in [0.3, 0.4) is 0 Å². The molecule has 1 saturated heterocycles. The van der Waals surface area contributed by atoms with E-state index in [1.165, 1.54) is 44.9 Å². The SMILES string of the molecule is O=C(NCCc1ccc2c(c1)OCO2)[C@@H]1C[C@@H](NC2CCCCCCC2)CN1Cc1cccc(Cl)c1. The number of likely N-dealkylation sites (tertiary alicyclic amines) is 1. The van der Waals surface area contributed by atoms with Gasteiger partial charge >= 0.3 is 0 Å². The summed E-state index contributed by atoms with van der Waals surface area (Å²) in [6.45, 7) is 2.48. The lowest BCUT2D eigenvalue weighted by molar-refractivity contribution is -0.125. The summed E-state index contributed by atoms with van der Waals surface area (Å²) in [6, 6.07) is 14.7. The Morgan fingerprint density at radius 2 is 1.75 bits per heavy atom. The molecule has 0 unspecified atom stereocenters. The second kappa shape index (κ2) is 12.3. The van der Waals surface area contributed by atoms with E-state index >= 15 is 0 Å². The normalized spacial score (nSPS) is 22.8. The third kappa shape index (κ3) is 6.72. The van der Waals surface area contributed by atoms with Crippen molar-refractivity contribution in [2.24, 2.45) is 0 Å². The molecule has 0 bridgehead atoms. The molecule has 2 aromatic rings. The number of carbonyl (C=O) groups is 1. The molecule has 0 aromatic heterocycles. The Morgan fingerprint density at radius 1 is 0.944 bits per heavy atom. The van der Waals surface area contributed by atoms with Crippen molar-refractivity contribution in [1.82, 2.24) is 15.5 Å². The fourth-order valence-corrected chi connectivity index (χ4v) is 6.05. The molecule has 2 fully saturated rings. The number of nitrogens with zero attached hydrogens (tertiary/aromatic N) is 1. The zero-order valence-corrected chi connectivity index (χ0v) is 21.8. The number of nitrogens with one attached hydrogen (secondary N) is 2. The molecule has 2 N–H and O–H groups in total. The number of carbonyl (C=O) groups excluding carboxylic acids is 1. The van der Waals surface area contributed by atoms with E-state index in [4.69, 9.17) is 21.1 Å². The van der Waals surface area contributed by atoms with Crippen LogP contribution in [0.2, 0.25) is 5.02 Å². The van der Waals surface area contributed by atoms with Gasteiger partial charge in [-0.1, -0.05) is 61.9 Å². The molecule has 3 aliphatic rings. The number of rotatable bonds is 8. The number of fused-ring (bicyclic) bond motifs is 1. The number of hydrogen-bond donors (Lipinski definition) is 2. The highest BCUT2D eigenvalue weighted by Gasteiger charge is 2.37. The number of hydrogen-bond acceptors (Lipinski definition) is 5. The molecule has 0 radical (unpaired) electrons. The third-order valence-electron chi connectivity index (χ3n) is 7.71. The molecule has 1 amide bonds. The first-order valence-electron chi connectivity index (χ1n) is 13.5. The number of ether oxygens (including phenoxy) is 2. The van der Waals surface area contributed by atoms with Crippen LogP contribution in [-0.2, 0) is 17.8 Å². The summed E-state index contributed by atoms with van der Waals surface area (Å²) in [7, 11) is 0. The van der Waals surface area contributed by atoms with Gasteiger partial charge in [0.2, 0.25) is 12.7 Å². The Balaban J connectivity index is 1.20. The van der Waals surface area contributed by atoms with Crippen LogP contribution in [0.15, 0.2) is 42.5 Å². The van der Waals surface area contributed by atoms with E-state index in [1.54, 1.807) is 0 Å². The van der Waals surface area contributed by atoms with Gasteiger partial charge in [-0.15, -0.1) is 0 Å². The van der Waals surface area contributed by atoms with Crippen LogP contribution in [0.25, 0.3) is 0 Å². The van der Waals surface area contributed by atoms with Gasteiger partial charge in [0.25, 0.3) is 0 Å². The van der Waals surface area contributed by atoms with Crippen molar-refractivity contribution >= 4 is 17.5 Å². The van der Waals surface area contributed by atoms with Crippen LogP contribution < -0.4 is 20.1 Å². The average Bonchev–Trinajstić information content (AvgIpc) is 3.47. The minimum atomic E-state index is -0.146. The summed E-state index contributed by atoms with van der Waals surface area (Å²) in [6.07, 6.45) is 10.8. The molecule has 7 heteroatoms. The van der Waals surface area contributed by atoms with Gasteiger partial charge in [0, 0.05) is 36.7 Å². The molecule has 2 heterocycles. The highest BCUT2D eigenvalue weighted by Crippen LogP contribution is 2.32. The Kier molecular flexibility index (Phi) is 8.67. The van der Waals surface area contributed by atoms with Crippen molar-refractivity contribution in [2.45, 2.75) is 82.5 Å². The molecule has 1 saturated carbocycles. The smallest absolute Gasteiger partial charge is 0.237 e. The molecule has 194 valence electrons. The minimum Gasteiger partial charge on any atom is -0.454 e. The van der Waals surface area contributed by atoms with Crippen LogP contribution in [0.1, 0.15) is 62.5 Å². The van der Waals surface area contributed by atoms with Crippen molar-refractivity contribution in [3.63, 3.8) is 0 Å². The first kappa shape index (κ1) is 25.4. The van der Waals surface area contributed by atoms with Crippen molar-refractivity contribution < 1.29 is 14.3 Å². The largest absolute Gasteiger partial charge is 0.454 e. The van der Waals surface area contributed by atoms with Gasteiger partial charge in [-0.3, -0.25) is 9.69 Å². The van der Waals surface area contributed by atoms with Crippen LogP contribution >= 0.6 is 11.6 Å². The number of halogens is 1. The summed E-state index contributed by atoms with van der Waals surface area (Å²) in [5.41, 5.74) is 2.28. The molecule has 0 spiro atoms. The predicted molar refractivity (Wildman–Crippen MR) is 143 cm³/mol. The summed E-state index contributed by atoms with van der Waals surface area (Å²) < 4.78 is 10.9. The average molecular weight is 512 g/mol. The van der Waals surface area contributed by atoms with Crippen LogP contribution in [0.4, 0.5) is 0 Å². The standard InChI is InChI=1S/C29H38ClN3O3/c30-23-8-6-7-22(15-23)18-33-19-25(32-24-9-4-2-1-3-5-10-24)17-26(33)29(34)31-14-13-21-11-12-27-28(16-21)36-20-35-27/h6-8,11-12,15-16,24-26,32H,1-5,9-10,13-14,17-20H2,(H,31,34)/t25-,26+/m1/s1. The van der Waals surface area contributed by atoms with Gasteiger partial charge in [0.1, 0.15) is 0 Å². The molecular formula is C29H38ClN3O3. The Bertz CT molecular complexity index is 1020. The van der Waals surface area contributed by atoms with E-state index in [2.05, 4.69) is 21.6 Å². The van der Waals surface area contributed by atoms with Crippen LogP contribution in [0.5, 0.6) is 11.5 Å². The Hall–Kier alpha value is -2.28. The zero-order valence-electron chi connectivity index (χ0n) is 21.0. The van der Waals surface area contributed by atoms with E-state index in [0.717, 1.165) is 53.6 Å². The lowest BCUT2D eigenvalue weighted by Crippen LogP contribution is -2.43. The van der Waals surface area contributed by atoms with Gasteiger partial charge in [-0.05, 0) is 61.1 Å². The topological polar surface area (TPSA) is 62.8 Å². The minimum absolute atomic E-state index is 0.111. The fraction of sp³-hybridized carbons (Fsp3) is 0.552. The maximum atomic E-state index is 13.4. The van der Waals surface area contributed by atoms with Crippen molar-refractivity contribution in [1.29, 1.82) is 0 Å². The van der Waals surface area contributed by atoms with E-state index < -0.39 is 0 Å². The van der Waals surface area contributed by atoms with Gasteiger partial charge < -0.3 is 20.1 Å². The van der Waals surface area contributed by atoms with Crippen molar-refractivity contribution in [3.8, 4) is 11.5 Å². The second-order valence-corrected chi connectivity index (χ2v) is 10.9. The number of benzene rings is 2. The third-order valence-corrected chi connectivity index (χ3v) is 7.94. The first-order valence-corrected chi connectivity index (χ1v) is 13.9. The van der Waals surface area contributed by atoms with Crippen molar-refractivity contribution in [2.75, 3.05) is 19.9 Å². The zero-order chi connectivity index (χ0) is 24.7. The summed E-state index contributed by atoms with van der Waals surface area (Å²) in [5.74, 6) is 1.68. The van der Waals surface area contributed by atoms with Gasteiger partial charge in [-0.25, -0.2) is 0 Å². The molecule has 2 aromatic carbocycles. The summed E-state index contributed by atoms with van der Waals surface area (Å²) in [5, 5.41) is 7.87. The molecular weight excluding hydrogens is 474 g/mol. The number of amides is 1. The first-order chi connectivity index (χ1) is 17.6. The highest BCUT2D eigenvalue weighted by atomic mass is 35.5. The maximum absolute atomic E-state index is 13.4. The van der Waals surface area contributed by atoms with E-state index in [-0.39, 0.29) is 18.7 Å². The summed E-state index contributed by atoms with van der Waals surface area (Å²) >= 11 is 6.25. The van der Waals surface area contributed by atoms with E-state index in [0.29, 0.717) is 18.6 Å². The highest BCUT2D eigenvalue weighted by molar-refractivity contribution is 6.30. The molecule has 6 nitrogen and oxygen atoms in total. The van der Waals surface area contributed by atoms with E-state index in [9.17, 15) is 4.79 Å².